The molecule has 2 aliphatic rings. The maximum Gasteiger partial charge on any atom is 0.255 e. The molecule has 3 heterocycles. The van der Waals surface area contributed by atoms with Crippen LogP contribution in [0.2, 0.25) is 0 Å². The minimum Gasteiger partial charge on any atom is -0.368 e. The molecule has 2 aliphatic heterocycles. The van der Waals surface area contributed by atoms with Crippen molar-refractivity contribution in [3.63, 3.8) is 0 Å². The minimum atomic E-state index is -0.354. The van der Waals surface area contributed by atoms with Gasteiger partial charge in [0.2, 0.25) is 5.91 Å². The molecule has 2 fully saturated rings. The van der Waals surface area contributed by atoms with E-state index in [0.29, 0.717) is 31.3 Å². The van der Waals surface area contributed by atoms with Crippen LogP contribution in [-0.4, -0.2) is 48.8 Å². The first kappa shape index (κ1) is 16.4. The van der Waals surface area contributed by atoms with Crippen LogP contribution in [0.1, 0.15) is 31.4 Å². The summed E-state index contributed by atoms with van der Waals surface area (Å²) in [6.45, 7) is 1.82. The van der Waals surface area contributed by atoms with E-state index in [2.05, 4.69) is 15.6 Å². The monoisotopic (exact) mass is 339 g/mol. The molecule has 2 unspecified atom stereocenters. The smallest absolute Gasteiger partial charge is 0.255 e. The van der Waals surface area contributed by atoms with E-state index in [4.69, 9.17) is 9.47 Å². The Kier molecular flexibility index (Phi) is 5.58. The number of hydrogen-bond acceptors (Lipinski definition) is 6. The van der Waals surface area contributed by atoms with Crippen LogP contribution in [-0.2, 0) is 25.5 Å². The van der Waals surface area contributed by atoms with E-state index in [1.807, 2.05) is 5.38 Å². The lowest BCUT2D eigenvalue weighted by Crippen LogP contribution is -2.35. The Bertz CT molecular complexity index is 551. The second-order valence-electron chi connectivity index (χ2n) is 5.68. The second kappa shape index (κ2) is 7.85. The van der Waals surface area contributed by atoms with Crippen LogP contribution in [0.15, 0.2) is 5.38 Å². The Hall–Kier alpha value is -1.51. The summed E-state index contributed by atoms with van der Waals surface area (Å²) in [5.74, 6) is -0.181. The molecular weight excluding hydrogens is 318 g/mol. The summed E-state index contributed by atoms with van der Waals surface area (Å²) in [6, 6.07) is 0. The van der Waals surface area contributed by atoms with Crippen molar-refractivity contribution in [1.82, 2.24) is 10.3 Å². The summed E-state index contributed by atoms with van der Waals surface area (Å²) in [4.78, 5) is 28.1. The van der Waals surface area contributed by atoms with Crippen LogP contribution in [0.4, 0.5) is 5.13 Å². The summed E-state index contributed by atoms with van der Waals surface area (Å²) in [5, 5.41) is 8.11. The number of anilines is 1. The molecule has 2 atom stereocenters. The zero-order valence-corrected chi connectivity index (χ0v) is 13.7. The molecule has 3 rings (SSSR count). The lowest BCUT2D eigenvalue weighted by Gasteiger charge is -2.09. The number of rotatable bonds is 6. The van der Waals surface area contributed by atoms with Crippen molar-refractivity contribution in [2.24, 2.45) is 0 Å². The summed E-state index contributed by atoms with van der Waals surface area (Å²) < 4.78 is 10.7. The van der Waals surface area contributed by atoms with Crippen LogP contribution in [0, 0.1) is 0 Å². The number of amides is 2. The first-order valence-electron chi connectivity index (χ1n) is 7.98. The normalized spacial score (nSPS) is 23.8. The van der Waals surface area contributed by atoms with Gasteiger partial charge in [-0.25, -0.2) is 4.98 Å². The third-order valence-electron chi connectivity index (χ3n) is 3.91. The maximum absolute atomic E-state index is 11.9. The molecule has 7 nitrogen and oxygen atoms in total. The second-order valence-corrected chi connectivity index (χ2v) is 6.54. The number of carbonyl (C=O) groups is 2. The number of ether oxygens (including phenoxy) is 2. The van der Waals surface area contributed by atoms with Gasteiger partial charge in [-0.05, 0) is 25.7 Å². The highest BCUT2D eigenvalue weighted by Crippen LogP contribution is 2.19. The van der Waals surface area contributed by atoms with E-state index in [-0.39, 0.29) is 24.0 Å². The average Bonchev–Trinajstić information content (AvgIpc) is 3.30. The Balaban J connectivity index is 1.40. The predicted octanol–water partition coefficient (Wildman–Crippen LogP) is 1.10. The van der Waals surface area contributed by atoms with Crippen molar-refractivity contribution in [2.45, 2.75) is 44.3 Å². The molecule has 0 radical (unpaired) electrons. The number of hydrogen-bond donors (Lipinski definition) is 2. The highest BCUT2D eigenvalue weighted by Gasteiger charge is 2.24. The fraction of sp³-hybridized carbons (Fsp3) is 0.667. The van der Waals surface area contributed by atoms with Gasteiger partial charge in [0, 0.05) is 31.6 Å². The molecule has 2 saturated heterocycles. The van der Waals surface area contributed by atoms with Gasteiger partial charge in [-0.15, -0.1) is 11.3 Å². The molecule has 23 heavy (non-hydrogen) atoms. The molecule has 0 bridgehead atoms. The largest absolute Gasteiger partial charge is 0.368 e. The molecule has 0 saturated carbocycles. The summed E-state index contributed by atoms with van der Waals surface area (Å²) >= 11 is 1.38. The van der Waals surface area contributed by atoms with Gasteiger partial charge in [0.15, 0.2) is 5.13 Å². The van der Waals surface area contributed by atoms with Crippen molar-refractivity contribution in [1.29, 1.82) is 0 Å². The first-order chi connectivity index (χ1) is 11.2. The Morgan fingerprint density at radius 1 is 1.17 bits per heavy atom. The number of nitrogens with one attached hydrogen (secondary N) is 2. The number of thiazole rings is 1. The van der Waals surface area contributed by atoms with E-state index in [1.165, 1.54) is 11.3 Å². The topological polar surface area (TPSA) is 89.6 Å². The van der Waals surface area contributed by atoms with Crippen molar-refractivity contribution in [2.75, 3.05) is 25.1 Å². The summed E-state index contributed by atoms with van der Waals surface area (Å²) in [7, 11) is 0. The van der Waals surface area contributed by atoms with Crippen molar-refractivity contribution >= 4 is 28.3 Å². The van der Waals surface area contributed by atoms with Crippen LogP contribution < -0.4 is 10.6 Å². The van der Waals surface area contributed by atoms with Crippen LogP contribution >= 0.6 is 11.3 Å². The van der Waals surface area contributed by atoms with Gasteiger partial charge in [0.1, 0.15) is 12.2 Å². The fourth-order valence-electron chi connectivity index (χ4n) is 2.66. The minimum absolute atomic E-state index is 0.0513. The first-order valence-corrected chi connectivity index (χ1v) is 8.86. The summed E-state index contributed by atoms with van der Waals surface area (Å²) in [5.41, 5.74) is 0.852. The maximum atomic E-state index is 11.9. The lowest BCUT2D eigenvalue weighted by atomic mass is 10.2. The third-order valence-corrected chi connectivity index (χ3v) is 4.71. The van der Waals surface area contributed by atoms with E-state index in [1.54, 1.807) is 0 Å². The van der Waals surface area contributed by atoms with E-state index >= 15 is 0 Å². The molecule has 0 spiro atoms. The van der Waals surface area contributed by atoms with E-state index < -0.39 is 0 Å². The highest BCUT2D eigenvalue weighted by molar-refractivity contribution is 7.13. The van der Waals surface area contributed by atoms with Crippen molar-refractivity contribution in [3.8, 4) is 0 Å². The molecular formula is C15H21N3O4S. The van der Waals surface area contributed by atoms with Gasteiger partial charge in [0.25, 0.3) is 5.91 Å². The SMILES string of the molecule is O=C(NCCc1csc(NC(=O)C2CCCO2)n1)C1CCCO1. The molecule has 2 amide bonds. The van der Waals surface area contributed by atoms with Crippen molar-refractivity contribution in [3.05, 3.63) is 11.1 Å². The van der Waals surface area contributed by atoms with Gasteiger partial charge in [-0.1, -0.05) is 0 Å². The highest BCUT2D eigenvalue weighted by atomic mass is 32.1. The van der Waals surface area contributed by atoms with E-state index in [0.717, 1.165) is 31.4 Å². The number of carbonyl (C=O) groups excluding carboxylic acids is 2. The fourth-order valence-corrected chi connectivity index (χ4v) is 3.41. The zero-order chi connectivity index (χ0) is 16.1. The molecule has 8 heteroatoms. The molecule has 0 aromatic carbocycles. The van der Waals surface area contributed by atoms with Gasteiger partial charge in [-0.2, -0.15) is 0 Å². The molecule has 1 aromatic rings. The zero-order valence-electron chi connectivity index (χ0n) is 12.9. The molecule has 126 valence electrons. The van der Waals surface area contributed by atoms with Gasteiger partial charge in [-0.3, -0.25) is 14.9 Å². The number of aromatic nitrogens is 1. The predicted molar refractivity (Wildman–Crippen MR) is 85.4 cm³/mol. The van der Waals surface area contributed by atoms with Crippen molar-refractivity contribution < 1.29 is 19.1 Å². The Labute approximate surface area is 138 Å². The van der Waals surface area contributed by atoms with Gasteiger partial charge in [0.05, 0.1) is 5.69 Å². The third kappa shape index (κ3) is 4.49. The van der Waals surface area contributed by atoms with E-state index in [9.17, 15) is 9.59 Å². The van der Waals surface area contributed by atoms with Crippen LogP contribution in [0.25, 0.3) is 0 Å². The van der Waals surface area contributed by atoms with Gasteiger partial charge < -0.3 is 14.8 Å². The molecule has 0 aliphatic carbocycles. The quantitative estimate of drug-likeness (QED) is 0.810. The Morgan fingerprint density at radius 3 is 2.52 bits per heavy atom. The van der Waals surface area contributed by atoms with Crippen LogP contribution in [0.3, 0.4) is 0 Å². The summed E-state index contributed by atoms with van der Waals surface area (Å²) in [6.07, 6.45) is 3.40. The number of nitrogens with zero attached hydrogens (tertiary/aromatic N) is 1. The molecule has 2 N–H and O–H groups in total. The molecule has 1 aromatic heterocycles. The van der Waals surface area contributed by atoms with Gasteiger partial charge >= 0.3 is 0 Å². The standard InChI is InChI=1S/C15H21N3O4S/c19-13(11-3-1-7-21-11)16-6-5-10-9-23-15(17-10)18-14(20)12-4-2-8-22-12/h9,11-12H,1-8H2,(H,16,19)(H,17,18,20). The average molecular weight is 339 g/mol. The van der Waals surface area contributed by atoms with Crippen LogP contribution in [0.5, 0.6) is 0 Å². The lowest BCUT2D eigenvalue weighted by molar-refractivity contribution is -0.130. The Morgan fingerprint density at radius 2 is 1.87 bits per heavy atom.